The fraction of sp³-hybridized carbons (Fsp3) is 0.125. The molecule has 0 atom stereocenters. The van der Waals surface area contributed by atoms with Crippen molar-refractivity contribution < 1.29 is 9.53 Å². The minimum atomic E-state index is -0.0264. The normalized spacial score (nSPS) is 10.8. The number of nitrogen functional groups attached to an aromatic ring is 1. The number of nitrogens with zero attached hydrogens (tertiary/aromatic N) is 1. The Labute approximate surface area is 126 Å². The van der Waals surface area contributed by atoms with Gasteiger partial charge < -0.3 is 10.5 Å². The summed E-state index contributed by atoms with van der Waals surface area (Å²) in [6.45, 7) is 1.52. The molecule has 1 aromatic carbocycles. The van der Waals surface area contributed by atoms with E-state index in [1.54, 1.807) is 7.11 Å². The summed E-state index contributed by atoms with van der Waals surface area (Å²) < 4.78 is 5.15. The van der Waals surface area contributed by atoms with Gasteiger partial charge in [0.15, 0.2) is 5.78 Å². The summed E-state index contributed by atoms with van der Waals surface area (Å²) >= 11 is 1.34. The van der Waals surface area contributed by atoms with E-state index in [1.807, 2.05) is 36.4 Å². The van der Waals surface area contributed by atoms with Gasteiger partial charge in [0.2, 0.25) is 0 Å². The van der Waals surface area contributed by atoms with Crippen LogP contribution in [-0.4, -0.2) is 17.9 Å². The van der Waals surface area contributed by atoms with Gasteiger partial charge in [-0.25, -0.2) is 4.98 Å². The zero-order valence-corrected chi connectivity index (χ0v) is 12.5. The van der Waals surface area contributed by atoms with Crippen LogP contribution in [0.25, 0.3) is 21.5 Å². The Kier molecular flexibility index (Phi) is 3.35. The standard InChI is InChI=1S/C16H14N2O2S/c1-9(19)15-14(17)12-7-8-13(18-16(12)21-15)10-3-5-11(20-2)6-4-10/h3-8H,17H2,1-2H3. The lowest BCUT2D eigenvalue weighted by Gasteiger charge is -2.03. The van der Waals surface area contributed by atoms with Crippen LogP contribution in [0.5, 0.6) is 5.75 Å². The molecule has 0 aliphatic rings. The number of ether oxygens (including phenoxy) is 1. The number of benzene rings is 1. The number of Topliss-reactive ketones (excluding diaryl/α,β-unsaturated/α-hetero) is 1. The van der Waals surface area contributed by atoms with Crippen molar-refractivity contribution in [2.45, 2.75) is 6.92 Å². The molecule has 0 amide bonds. The SMILES string of the molecule is COc1ccc(-c2ccc3c(N)c(C(C)=O)sc3n2)cc1. The smallest absolute Gasteiger partial charge is 0.171 e. The first-order valence-electron chi connectivity index (χ1n) is 6.44. The average molecular weight is 298 g/mol. The molecule has 21 heavy (non-hydrogen) atoms. The Bertz CT molecular complexity index is 822. The van der Waals surface area contributed by atoms with Crippen molar-refractivity contribution in [1.29, 1.82) is 0 Å². The number of nitrogens with two attached hydrogens (primary N) is 1. The van der Waals surface area contributed by atoms with Crippen LogP contribution < -0.4 is 10.5 Å². The molecule has 3 rings (SSSR count). The number of pyridine rings is 1. The van der Waals surface area contributed by atoms with Gasteiger partial charge in [-0.2, -0.15) is 0 Å². The van der Waals surface area contributed by atoms with Crippen molar-refractivity contribution in [2.24, 2.45) is 0 Å². The number of carbonyl (C=O) groups is 1. The largest absolute Gasteiger partial charge is 0.497 e. The van der Waals surface area contributed by atoms with E-state index in [9.17, 15) is 4.79 Å². The van der Waals surface area contributed by atoms with Gasteiger partial charge in [-0.3, -0.25) is 4.79 Å². The molecule has 3 aromatic rings. The molecule has 0 fully saturated rings. The molecule has 0 aliphatic carbocycles. The third kappa shape index (κ3) is 2.36. The lowest BCUT2D eigenvalue weighted by atomic mass is 10.1. The number of hydrogen-bond donors (Lipinski definition) is 1. The van der Waals surface area contributed by atoms with Crippen LogP contribution in [0.1, 0.15) is 16.6 Å². The van der Waals surface area contributed by atoms with Gasteiger partial charge in [0.1, 0.15) is 10.6 Å². The molecule has 4 nitrogen and oxygen atoms in total. The zero-order chi connectivity index (χ0) is 15.0. The fourth-order valence-corrected chi connectivity index (χ4v) is 3.17. The second-order valence-electron chi connectivity index (χ2n) is 4.68. The first-order chi connectivity index (χ1) is 10.1. The van der Waals surface area contributed by atoms with E-state index in [0.717, 1.165) is 27.2 Å². The zero-order valence-electron chi connectivity index (χ0n) is 11.7. The Morgan fingerprint density at radius 1 is 1.19 bits per heavy atom. The van der Waals surface area contributed by atoms with E-state index in [4.69, 9.17) is 10.5 Å². The van der Waals surface area contributed by atoms with E-state index in [2.05, 4.69) is 4.98 Å². The van der Waals surface area contributed by atoms with E-state index >= 15 is 0 Å². The average Bonchev–Trinajstić information content (AvgIpc) is 2.84. The second kappa shape index (κ2) is 5.18. The quantitative estimate of drug-likeness (QED) is 0.748. The highest BCUT2D eigenvalue weighted by atomic mass is 32.1. The van der Waals surface area contributed by atoms with Crippen molar-refractivity contribution in [3.63, 3.8) is 0 Å². The van der Waals surface area contributed by atoms with Crippen LogP contribution in [0, 0.1) is 0 Å². The van der Waals surface area contributed by atoms with Gasteiger partial charge in [0.25, 0.3) is 0 Å². The summed E-state index contributed by atoms with van der Waals surface area (Å²) in [4.78, 5) is 17.5. The Balaban J connectivity index is 2.09. The fourth-order valence-electron chi connectivity index (χ4n) is 2.18. The monoisotopic (exact) mass is 298 g/mol. The molecule has 0 spiro atoms. The van der Waals surface area contributed by atoms with Crippen molar-refractivity contribution in [3.05, 3.63) is 41.3 Å². The Hall–Kier alpha value is -2.40. The van der Waals surface area contributed by atoms with Crippen molar-refractivity contribution in [1.82, 2.24) is 4.98 Å². The lowest BCUT2D eigenvalue weighted by Crippen LogP contribution is -1.93. The molecule has 0 aliphatic heterocycles. The number of thiophene rings is 1. The second-order valence-corrected chi connectivity index (χ2v) is 5.68. The number of carbonyl (C=O) groups excluding carboxylic acids is 1. The van der Waals surface area contributed by atoms with E-state index < -0.39 is 0 Å². The van der Waals surface area contributed by atoms with Crippen LogP contribution >= 0.6 is 11.3 Å². The molecule has 0 saturated carbocycles. The predicted molar refractivity (Wildman–Crippen MR) is 86.0 cm³/mol. The highest BCUT2D eigenvalue weighted by Gasteiger charge is 2.14. The van der Waals surface area contributed by atoms with Crippen LogP contribution in [0.3, 0.4) is 0 Å². The van der Waals surface area contributed by atoms with Gasteiger partial charge in [-0.05, 0) is 36.4 Å². The number of anilines is 1. The summed E-state index contributed by atoms with van der Waals surface area (Å²) in [5, 5.41) is 0.836. The molecule has 0 radical (unpaired) electrons. The van der Waals surface area contributed by atoms with Crippen LogP contribution in [-0.2, 0) is 0 Å². The van der Waals surface area contributed by atoms with Crippen molar-refractivity contribution >= 4 is 33.0 Å². The number of rotatable bonds is 3. The molecule has 0 saturated heterocycles. The first-order valence-corrected chi connectivity index (χ1v) is 7.26. The molecule has 2 heterocycles. The van der Waals surface area contributed by atoms with Crippen molar-refractivity contribution in [3.8, 4) is 17.0 Å². The summed E-state index contributed by atoms with van der Waals surface area (Å²) in [5.41, 5.74) is 8.37. The summed E-state index contributed by atoms with van der Waals surface area (Å²) in [7, 11) is 1.64. The Morgan fingerprint density at radius 3 is 2.52 bits per heavy atom. The third-order valence-corrected chi connectivity index (χ3v) is 4.52. The maximum absolute atomic E-state index is 11.6. The van der Waals surface area contributed by atoms with Gasteiger partial charge in [0.05, 0.1) is 23.4 Å². The van der Waals surface area contributed by atoms with Gasteiger partial charge in [-0.15, -0.1) is 11.3 Å². The molecule has 0 bridgehead atoms. The maximum Gasteiger partial charge on any atom is 0.171 e. The van der Waals surface area contributed by atoms with Crippen LogP contribution in [0.15, 0.2) is 36.4 Å². The first kappa shape index (κ1) is 13.6. The highest BCUT2D eigenvalue weighted by molar-refractivity contribution is 7.21. The van der Waals surface area contributed by atoms with Gasteiger partial charge in [0, 0.05) is 17.9 Å². The molecule has 2 N–H and O–H groups in total. The molecule has 106 valence electrons. The molecule has 5 heteroatoms. The van der Waals surface area contributed by atoms with E-state index in [1.165, 1.54) is 18.3 Å². The molecule has 2 aromatic heterocycles. The minimum Gasteiger partial charge on any atom is -0.497 e. The molecule has 0 unspecified atom stereocenters. The van der Waals surface area contributed by atoms with E-state index in [-0.39, 0.29) is 5.78 Å². The third-order valence-electron chi connectivity index (χ3n) is 3.30. The van der Waals surface area contributed by atoms with E-state index in [0.29, 0.717) is 10.6 Å². The lowest BCUT2D eigenvalue weighted by molar-refractivity contribution is 0.102. The van der Waals surface area contributed by atoms with Crippen molar-refractivity contribution in [2.75, 3.05) is 12.8 Å². The van der Waals surface area contributed by atoms with Gasteiger partial charge >= 0.3 is 0 Å². The van der Waals surface area contributed by atoms with Gasteiger partial charge in [-0.1, -0.05) is 0 Å². The number of ketones is 1. The van der Waals surface area contributed by atoms with Crippen LogP contribution in [0.2, 0.25) is 0 Å². The highest BCUT2D eigenvalue weighted by Crippen LogP contribution is 2.34. The Morgan fingerprint density at radius 2 is 1.90 bits per heavy atom. The topological polar surface area (TPSA) is 65.2 Å². The number of aromatic nitrogens is 1. The summed E-state index contributed by atoms with van der Waals surface area (Å²) in [5.74, 6) is 0.778. The minimum absolute atomic E-state index is 0.0264. The maximum atomic E-state index is 11.6. The molecular formula is C16H14N2O2S. The van der Waals surface area contributed by atoms with Crippen LogP contribution in [0.4, 0.5) is 5.69 Å². The summed E-state index contributed by atoms with van der Waals surface area (Å²) in [6, 6.07) is 11.5. The molecular weight excluding hydrogens is 284 g/mol. The number of hydrogen-bond acceptors (Lipinski definition) is 5. The number of fused-ring (bicyclic) bond motifs is 1. The summed E-state index contributed by atoms with van der Waals surface area (Å²) in [6.07, 6.45) is 0. The predicted octanol–water partition coefficient (Wildman–Crippen LogP) is 3.76. The number of methoxy groups -OCH3 is 1.